The van der Waals surface area contributed by atoms with Crippen molar-refractivity contribution in [2.45, 2.75) is 350 Å². The van der Waals surface area contributed by atoms with Crippen LogP contribution in [0, 0.1) is 11.8 Å². The van der Waals surface area contributed by atoms with Crippen molar-refractivity contribution >= 4 is 91.0 Å². The first-order valence-electron chi connectivity index (χ1n) is 39.5. The van der Waals surface area contributed by atoms with Gasteiger partial charge in [-0.05, 0) is 187 Å². The van der Waals surface area contributed by atoms with Crippen LogP contribution in [0.25, 0.3) is 0 Å². The van der Waals surface area contributed by atoms with Gasteiger partial charge in [0.15, 0.2) is 24.5 Å². The van der Waals surface area contributed by atoms with E-state index in [1.54, 1.807) is 118 Å². The number of amides is 10. The molecule has 0 bridgehead atoms. The molecule has 0 spiro atoms. The molecule has 5 saturated heterocycles. The molecule has 648 valence electrons. The topological polar surface area (TPSA) is 443 Å². The highest BCUT2D eigenvalue weighted by Crippen LogP contribution is 2.55. The van der Waals surface area contributed by atoms with Crippen LogP contribution < -0.4 is 31.9 Å². The Balaban J connectivity index is 1.53. The molecule has 0 radical (unpaired) electrons. The number of hydrogen-bond donors (Lipinski definition) is 6. The van der Waals surface area contributed by atoms with E-state index in [-0.39, 0.29) is 96.0 Å². The third kappa shape index (κ3) is 30.5. The molecule has 0 aromatic heterocycles. The Bertz CT molecular complexity index is 3450. The summed E-state index contributed by atoms with van der Waals surface area (Å²) in [6.07, 6.45) is -7.38. The summed E-state index contributed by atoms with van der Waals surface area (Å²) < 4.78 is 79.0. The summed E-state index contributed by atoms with van der Waals surface area (Å²) in [5.74, 6) is -11.0. The van der Waals surface area contributed by atoms with Crippen LogP contribution in [0.1, 0.15) is 230 Å². The van der Waals surface area contributed by atoms with Crippen molar-refractivity contribution in [3.63, 3.8) is 0 Å². The third-order valence-electron chi connectivity index (χ3n) is 18.3. The summed E-state index contributed by atoms with van der Waals surface area (Å²) in [7, 11) is -4.64. The van der Waals surface area contributed by atoms with Crippen LogP contribution in [-0.4, -0.2) is 268 Å². The van der Waals surface area contributed by atoms with Gasteiger partial charge in [-0.15, -0.1) is 0 Å². The Labute approximate surface area is 670 Å². The first-order valence-corrected chi connectivity index (χ1v) is 40.9. The van der Waals surface area contributed by atoms with Crippen LogP contribution in [0.4, 0.5) is 4.79 Å². The SMILES string of the molecule is CC(=O)N[C@H]1[C@H](O[C@H](C)[C@H](NC(=O)[C@@H]2CCCN2C(=O)[C@H](CC(C)C)NC(=O)OC(C)(C)C)C(=O)N2CCC[C@H]2C(=O)N2CCC[C@H]2C(=O)N[C@@H](CC(C)C)C(=O)N[C@@H](COP(=O)(OC(C)(C)C)OC(C)(C)C)C(=O)N2CCC[C@H]2C(=O)N[C@@H](COC(C)(C)C)C(=O)OC(C)(C)C)O[C@H](COC(C)=O)[C@@H](OC(C)=O)[C@@H]1OC(C)=O. The monoisotopic (exact) mass is 1640 g/mol. The Kier molecular flexibility index (Phi) is 34.8. The van der Waals surface area contributed by atoms with Crippen molar-refractivity contribution in [2.75, 3.05) is 46.0 Å². The van der Waals surface area contributed by atoms with E-state index >= 15 is 28.8 Å². The lowest BCUT2D eigenvalue weighted by Gasteiger charge is -2.46. The van der Waals surface area contributed by atoms with Crippen molar-refractivity contribution < 1.29 is 123 Å². The molecule has 0 saturated carbocycles. The minimum Gasteiger partial charge on any atom is -0.463 e. The van der Waals surface area contributed by atoms with Gasteiger partial charge in [0.25, 0.3) is 0 Å². The number of carbonyl (C=O) groups is 14. The third-order valence-corrected chi connectivity index (χ3v) is 20.3. The van der Waals surface area contributed by atoms with Gasteiger partial charge in [-0.1, -0.05) is 27.7 Å². The minimum absolute atomic E-state index is 0.00777. The molecule has 5 aliphatic rings. The van der Waals surface area contributed by atoms with Gasteiger partial charge in [0.2, 0.25) is 53.2 Å². The highest BCUT2D eigenvalue weighted by atomic mass is 31.2. The number of nitrogens with zero attached hydrogens (tertiary/aromatic N) is 4. The number of phosphoric acid groups is 1. The lowest BCUT2D eigenvalue weighted by molar-refractivity contribution is -0.287. The second-order valence-electron chi connectivity index (χ2n) is 35.6. The standard InChI is InChI=1S/C77H129N10O26P/c1-42(2)37-49(62(92)80-51(40-105-114(102,112-76(19,20)21)113-77(22,23)24)67(97)85-34-25-29-53(85)64(94)81-52(39-104-73(10,11)12)70(100)110-74(13,14)15)79-63(93)54-30-27-35-86(54)68(98)56-32-28-36-87(56)69(99)58(83-65(95)55-31-26-33-84(55)66(96)50(38-43(3)4)82-72(101)111-75(16,17)18)44(5)106-71-59(78-45(6)88)61(108-48(9)91)60(107-47(8)90)57(109-71)41-103-46(7)89/h42-44,49-61,71H,25-41H2,1-24H3,(H,78,88)(H,79,93)(H,80,92)(H,81,94)(H,82,101)(H,83,95)/t44-,49+,50+,51+,52+,53+,54+,55+,56+,57-,58+,59-,60-,61-,71-/m1/s1. The van der Waals surface area contributed by atoms with E-state index in [9.17, 15) is 42.9 Å². The zero-order valence-corrected chi connectivity index (χ0v) is 72.1. The quantitative estimate of drug-likeness (QED) is 0.0290. The fourth-order valence-electron chi connectivity index (χ4n) is 13.9. The van der Waals surface area contributed by atoms with Crippen LogP contribution in [-0.2, 0) is 118 Å². The average Bonchev–Trinajstić information content (AvgIpc) is 1.19. The Morgan fingerprint density at radius 1 is 0.474 bits per heavy atom. The fourth-order valence-corrected chi connectivity index (χ4v) is 15.7. The van der Waals surface area contributed by atoms with Crippen molar-refractivity contribution in [1.82, 2.24) is 51.5 Å². The van der Waals surface area contributed by atoms with Gasteiger partial charge in [0.05, 0.1) is 36.1 Å². The summed E-state index contributed by atoms with van der Waals surface area (Å²) in [5.41, 5.74) is -4.94. The van der Waals surface area contributed by atoms with Gasteiger partial charge in [-0.2, -0.15) is 0 Å². The van der Waals surface area contributed by atoms with Crippen molar-refractivity contribution in [3.8, 4) is 0 Å². The molecule has 5 fully saturated rings. The lowest BCUT2D eigenvalue weighted by Crippen LogP contribution is -2.68. The first kappa shape index (κ1) is 97.0. The van der Waals surface area contributed by atoms with Crippen LogP contribution in [0.2, 0.25) is 0 Å². The van der Waals surface area contributed by atoms with E-state index in [1.807, 2.05) is 13.8 Å². The molecule has 6 N–H and O–H groups in total. The number of rotatable bonds is 33. The molecule has 36 nitrogen and oxygen atoms in total. The number of carbonyl (C=O) groups excluding carboxylic acids is 14. The summed E-state index contributed by atoms with van der Waals surface area (Å²) in [6, 6.07) is -14.1. The van der Waals surface area contributed by atoms with E-state index < -0.39 is 223 Å². The van der Waals surface area contributed by atoms with E-state index in [0.29, 0.717) is 12.8 Å². The number of nitrogens with one attached hydrogen (secondary N) is 6. The maximum atomic E-state index is 15.9. The molecule has 5 aliphatic heterocycles. The Morgan fingerprint density at radius 3 is 1.39 bits per heavy atom. The van der Waals surface area contributed by atoms with Crippen LogP contribution in [0.5, 0.6) is 0 Å². The molecule has 37 heteroatoms. The number of alkyl carbamates (subject to hydrolysis) is 1. The zero-order chi connectivity index (χ0) is 86.2. The predicted molar refractivity (Wildman–Crippen MR) is 410 cm³/mol. The van der Waals surface area contributed by atoms with Gasteiger partial charge >= 0.3 is 37.8 Å². The van der Waals surface area contributed by atoms with Gasteiger partial charge in [-0.25, -0.2) is 14.2 Å². The highest BCUT2D eigenvalue weighted by Gasteiger charge is 2.54. The average molecular weight is 1640 g/mol. The number of hydrogen-bond acceptors (Lipinski definition) is 26. The van der Waals surface area contributed by atoms with Gasteiger partial charge < -0.3 is 89.4 Å². The normalized spacial score (nSPS) is 23.3. The fraction of sp³-hybridized carbons (Fsp3) is 0.818. The van der Waals surface area contributed by atoms with Crippen molar-refractivity contribution in [2.24, 2.45) is 11.8 Å². The van der Waals surface area contributed by atoms with E-state index in [4.69, 9.17) is 51.5 Å². The summed E-state index contributed by atoms with van der Waals surface area (Å²) in [6.45, 7) is 35.9. The highest BCUT2D eigenvalue weighted by molar-refractivity contribution is 7.48. The largest absolute Gasteiger partial charge is 0.475 e. The number of ether oxygens (including phenoxy) is 8. The number of likely N-dealkylation sites (tertiary alicyclic amines) is 4. The smallest absolute Gasteiger partial charge is 0.463 e. The molecular weight excluding hydrogens is 1510 g/mol. The minimum atomic E-state index is -4.64. The molecular formula is C77H129N10O26P. The molecule has 0 aromatic rings. The van der Waals surface area contributed by atoms with Crippen LogP contribution in [0.15, 0.2) is 0 Å². The molecule has 0 unspecified atom stereocenters. The van der Waals surface area contributed by atoms with E-state index in [1.165, 1.54) is 26.5 Å². The predicted octanol–water partition coefficient (Wildman–Crippen LogP) is 4.85. The second kappa shape index (κ2) is 41.0. The second-order valence-corrected chi connectivity index (χ2v) is 37.1. The summed E-state index contributed by atoms with van der Waals surface area (Å²) in [4.78, 5) is 204. The van der Waals surface area contributed by atoms with Crippen LogP contribution >= 0.6 is 7.82 Å². The maximum absolute atomic E-state index is 15.9. The van der Waals surface area contributed by atoms with E-state index in [2.05, 4.69) is 31.9 Å². The number of phosphoric ester groups is 1. The first-order chi connectivity index (χ1) is 52.5. The zero-order valence-electron chi connectivity index (χ0n) is 71.2. The van der Waals surface area contributed by atoms with Crippen molar-refractivity contribution in [1.29, 1.82) is 0 Å². The molecule has 5 heterocycles. The van der Waals surface area contributed by atoms with E-state index in [0.717, 1.165) is 27.7 Å². The number of esters is 4. The molecule has 114 heavy (non-hydrogen) atoms. The Morgan fingerprint density at radius 2 is 0.921 bits per heavy atom. The van der Waals surface area contributed by atoms with Crippen LogP contribution in [0.3, 0.4) is 0 Å². The van der Waals surface area contributed by atoms with Gasteiger partial charge in [0, 0.05) is 53.9 Å². The molecule has 0 aromatic carbocycles. The Hall–Kier alpha value is -7.63. The summed E-state index contributed by atoms with van der Waals surface area (Å²) in [5, 5.41) is 16.3. The van der Waals surface area contributed by atoms with Gasteiger partial charge in [-0.3, -0.25) is 71.1 Å². The molecule has 10 amide bonds. The molecule has 0 aliphatic carbocycles. The maximum Gasteiger partial charge on any atom is 0.475 e. The molecule has 5 rings (SSSR count). The van der Waals surface area contributed by atoms with Gasteiger partial charge in [0.1, 0.15) is 78.3 Å². The lowest BCUT2D eigenvalue weighted by atomic mass is 9.95. The molecule has 15 atom stereocenters. The summed E-state index contributed by atoms with van der Waals surface area (Å²) >= 11 is 0. The van der Waals surface area contributed by atoms with Crippen molar-refractivity contribution in [3.05, 3.63) is 0 Å².